The molecule has 0 saturated heterocycles. The fourth-order valence-corrected chi connectivity index (χ4v) is 3.11. The van der Waals surface area contributed by atoms with Crippen molar-refractivity contribution in [3.05, 3.63) is 44.3 Å². The van der Waals surface area contributed by atoms with Gasteiger partial charge in [-0.3, -0.25) is 0 Å². The first-order valence-corrected chi connectivity index (χ1v) is 7.78. The summed E-state index contributed by atoms with van der Waals surface area (Å²) in [6, 6.07) is 6.06. The number of rotatable bonds is 5. The maximum Gasteiger partial charge on any atom is 0.133 e. The summed E-state index contributed by atoms with van der Waals surface area (Å²) in [5.41, 5.74) is 2.15. The van der Waals surface area contributed by atoms with E-state index >= 15 is 0 Å². The molecule has 1 aromatic carbocycles. The van der Waals surface area contributed by atoms with Crippen LogP contribution in [-0.4, -0.2) is 11.6 Å². The normalized spacial score (nSPS) is 10.6. The molecule has 2 aromatic rings. The van der Waals surface area contributed by atoms with Crippen LogP contribution < -0.4 is 4.74 Å². The monoisotopic (exact) mass is 345 g/mol. The predicted octanol–water partition coefficient (Wildman–Crippen LogP) is 4.57. The SMILES string of the molecule is Cc1ccc(OCCc2nc(CCl)cs2)c(Br)c1. The molecule has 0 amide bonds. The lowest BCUT2D eigenvalue weighted by molar-refractivity contribution is 0.319. The highest BCUT2D eigenvalue weighted by atomic mass is 79.9. The Morgan fingerprint density at radius 3 is 2.94 bits per heavy atom. The maximum absolute atomic E-state index is 5.73. The van der Waals surface area contributed by atoms with Crippen molar-refractivity contribution in [3.63, 3.8) is 0 Å². The zero-order valence-electron chi connectivity index (χ0n) is 9.95. The van der Waals surface area contributed by atoms with Gasteiger partial charge in [-0.25, -0.2) is 4.98 Å². The number of thiazole rings is 1. The molecule has 5 heteroatoms. The molecule has 0 aliphatic carbocycles. The maximum atomic E-state index is 5.73. The second-order valence-corrected chi connectivity index (χ2v) is 5.96. The van der Waals surface area contributed by atoms with E-state index in [0.29, 0.717) is 12.5 Å². The third-order valence-corrected chi connectivity index (χ3v) is 4.25. The molecule has 1 aromatic heterocycles. The molecule has 96 valence electrons. The molecule has 0 radical (unpaired) electrons. The number of alkyl halides is 1. The molecule has 0 N–H and O–H groups in total. The fourth-order valence-electron chi connectivity index (χ4n) is 1.50. The highest BCUT2D eigenvalue weighted by Gasteiger charge is 2.04. The number of hydrogen-bond acceptors (Lipinski definition) is 3. The molecule has 0 aliphatic rings. The van der Waals surface area contributed by atoms with Crippen molar-refractivity contribution in [3.8, 4) is 5.75 Å². The zero-order valence-corrected chi connectivity index (χ0v) is 13.1. The minimum absolute atomic E-state index is 0.473. The van der Waals surface area contributed by atoms with E-state index in [1.165, 1.54) is 5.56 Å². The van der Waals surface area contributed by atoms with Gasteiger partial charge in [-0.2, -0.15) is 0 Å². The Morgan fingerprint density at radius 2 is 2.28 bits per heavy atom. The second-order valence-electron chi connectivity index (χ2n) is 3.90. The summed E-state index contributed by atoms with van der Waals surface area (Å²) in [5, 5.41) is 3.05. The van der Waals surface area contributed by atoms with E-state index < -0.39 is 0 Å². The van der Waals surface area contributed by atoms with Gasteiger partial charge >= 0.3 is 0 Å². The molecule has 2 rings (SSSR count). The number of ether oxygens (including phenoxy) is 1. The van der Waals surface area contributed by atoms with Gasteiger partial charge in [0, 0.05) is 11.8 Å². The quantitative estimate of drug-likeness (QED) is 0.740. The van der Waals surface area contributed by atoms with Crippen LogP contribution in [0.3, 0.4) is 0 Å². The summed E-state index contributed by atoms with van der Waals surface area (Å²) in [6.07, 6.45) is 0.807. The van der Waals surface area contributed by atoms with Crippen molar-refractivity contribution in [2.75, 3.05) is 6.61 Å². The number of benzene rings is 1. The van der Waals surface area contributed by atoms with Gasteiger partial charge in [0.25, 0.3) is 0 Å². The molecule has 1 heterocycles. The zero-order chi connectivity index (χ0) is 13.0. The molecule has 0 saturated carbocycles. The van der Waals surface area contributed by atoms with Crippen molar-refractivity contribution in [2.45, 2.75) is 19.2 Å². The van der Waals surface area contributed by atoms with Gasteiger partial charge in [-0.1, -0.05) is 6.07 Å². The number of hydrogen-bond donors (Lipinski definition) is 0. The van der Waals surface area contributed by atoms with Crippen LogP contribution in [0.25, 0.3) is 0 Å². The molecular formula is C13H13BrClNOS. The number of halogens is 2. The van der Waals surface area contributed by atoms with Gasteiger partial charge in [0.1, 0.15) is 5.75 Å². The molecule has 0 fully saturated rings. The summed E-state index contributed by atoms with van der Waals surface area (Å²) < 4.78 is 6.71. The van der Waals surface area contributed by atoms with Gasteiger partial charge in [-0.05, 0) is 40.5 Å². The Labute approximate surface area is 124 Å². The van der Waals surface area contributed by atoms with Crippen LogP contribution in [0.4, 0.5) is 0 Å². The largest absolute Gasteiger partial charge is 0.492 e. The first kappa shape index (κ1) is 13.8. The average molecular weight is 347 g/mol. The van der Waals surface area contributed by atoms with Gasteiger partial charge in [-0.15, -0.1) is 22.9 Å². The van der Waals surface area contributed by atoms with Crippen LogP contribution in [0, 0.1) is 6.92 Å². The van der Waals surface area contributed by atoms with Crippen molar-refractivity contribution < 1.29 is 4.74 Å². The Morgan fingerprint density at radius 1 is 1.44 bits per heavy atom. The van der Waals surface area contributed by atoms with Crippen molar-refractivity contribution >= 4 is 38.9 Å². The van der Waals surface area contributed by atoms with E-state index in [2.05, 4.69) is 27.8 Å². The molecule has 0 aliphatic heterocycles. The van der Waals surface area contributed by atoms with Gasteiger partial charge in [0.05, 0.1) is 27.7 Å². The highest BCUT2D eigenvalue weighted by molar-refractivity contribution is 9.10. The van der Waals surface area contributed by atoms with Crippen LogP contribution in [-0.2, 0) is 12.3 Å². The lowest BCUT2D eigenvalue weighted by Gasteiger charge is -2.07. The van der Waals surface area contributed by atoms with E-state index in [0.717, 1.165) is 27.3 Å². The smallest absolute Gasteiger partial charge is 0.133 e. The van der Waals surface area contributed by atoms with Crippen molar-refractivity contribution in [2.24, 2.45) is 0 Å². The van der Waals surface area contributed by atoms with E-state index in [-0.39, 0.29) is 0 Å². The van der Waals surface area contributed by atoms with E-state index in [1.807, 2.05) is 23.6 Å². The summed E-state index contributed by atoms with van der Waals surface area (Å²) in [6.45, 7) is 2.68. The van der Waals surface area contributed by atoms with Crippen LogP contribution in [0.2, 0.25) is 0 Å². The molecule has 0 atom stereocenters. The molecule has 2 nitrogen and oxygen atoms in total. The standard InChI is InChI=1S/C13H13BrClNOS/c1-9-2-3-12(11(14)6-9)17-5-4-13-16-10(7-15)8-18-13/h2-3,6,8H,4-5,7H2,1H3. The third-order valence-electron chi connectivity index (χ3n) is 2.40. The van der Waals surface area contributed by atoms with Crippen LogP contribution >= 0.6 is 38.9 Å². The Bertz CT molecular complexity index is 529. The first-order chi connectivity index (χ1) is 8.69. The van der Waals surface area contributed by atoms with Crippen molar-refractivity contribution in [1.29, 1.82) is 0 Å². The summed E-state index contributed by atoms with van der Waals surface area (Å²) in [5.74, 6) is 1.34. The Balaban J connectivity index is 1.88. The van der Waals surface area contributed by atoms with Gasteiger partial charge < -0.3 is 4.74 Å². The summed E-state index contributed by atoms with van der Waals surface area (Å²) in [7, 11) is 0. The lowest BCUT2D eigenvalue weighted by atomic mass is 10.2. The molecular weight excluding hydrogens is 334 g/mol. The Kier molecular flexibility index (Phi) is 5.03. The molecule has 18 heavy (non-hydrogen) atoms. The topological polar surface area (TPSA) is 22.1 Å². The van der Waals surface area contributed by atoms with E-state index in [4.69, 9.17) is 16.3 Å². The minimum atomic E-state index is 0.473. The number of nitrogens with zero attached hydrogens (tertiary/aromatic N) is 1. The van der Waals surface area contributed by atoms with E-state index in [1.54, 1.807) is 11.3 Å². The van der Waals surface area contributed by atoms with Crippen LogP contribution in [0.5, 0.6) is 5.75 Å². The Hall–Kier alpha value is -0.580. The first-order valence-electron chi connectivity index (χ1n) is 5.57. The average Bonchev–Trinajstić information content (AvgIpc) is 2.80. The lowest BCUT2D eigenvalue weighted by Crippen LogP contribution is -2.01. The molecule has 0 spiro atoms. The predicted molar refractivity (Wildman–Crippen MR) is 79.7 cm³/mol. The fraction of sp³-hybridized carbons (Fsp3) is 0.308. The second kappa shape index (κ2) is 6.55. The number of aryl methyl sites for hydroxylation is 1. The summed E-state index contributed by atoms with van der Waals surface area (Å²) >= 11 is 10.8. The highest BCUT2D eigenvalue weighted by Crippen LogP contribution is 2.26. The summed E-state index contributed by atoms with van der Waals surface area (Å²) in [4.78, 5) is 4.39. The molecule has 0 bridgehead atoms. The molecule has 0 unspecified atom stereocenters. The van der Waals surface area contributed by atoms with Gasteiger partial charge in [0.2, 0.25) is 0 Å². The van der Waals surface area contributed by atoms with Crippen molar-refractivity contribution in [1.82, 2.24) is 4.98 Å². The van der Waals surface area contributed by atoms with Crippen LogP contribution in [0.1, 0.15) is 16.3 Å². The van der Waals surface area contributed by atoms with Gasteiger partial charge in [0.15, 0.2) is 0 Å². The van der Waals surface area contributed by atoms with E-state index in [9.17, 15) is 0 Å². The number of aromatic nitrogens is 1. The third kappa shape index (κ3) is 3.70. The van der Waals surface area contributed by atoms with Crippen LogP contribution in [0.15, 0.2) is 28.1 Å². The minimum Gasteiger partial charge on any atom is -0.492 e.